The first-order valence-corrected chi connectivity index (χ1v) is 6.56. The number of aliphatic hydroxyl groups is 1. The van der Waals surface area contributed by atoms with E-state index in [0.29, 0.717) is 6.54 Å². The highest BCUT2D eigenvalue weighted by Gasteiger charge is 2.10. The molecular formula is C15H22N2O. The first-order valence-electron chi connectivity index (χ1n) is 6.56. The lowest BCUT2D eigenvalue weighted by Gasteiger charge is -2.11. The molecule has 0 aliphatic rings. The number of nitrogens with zero attached hydrogens (tertiary/aromatic N) is 1. The van der Waals surface area contributed by atoms with Crippen molar-refractivity contribution < 1.29 is 5.11 Å². The Hall–Kier alpha value is -1.32. The average molecular weight is 246 g/mol. The van der Waals surface area contributed by atoms with E-state index in [2.05, 4.69) is 48.1 Å². The molecule has 18 heavy (non-hydrogen) atoms. The van der Waals surface area contributed by atoms with Crippen LogP contribution in [-0.4, -0.2) is 22.3 Å². The van der Waals surface area contributed by atoms with Crippen molar-refractivity contribution in [2.24, 2.45) is 7.05 Å². The number of benzene rings is 1. The Balaban J connectivity index is 2.18. The van der Waals surface area contributed by atoms with Crippen molar-refractivity contribution in [1.29, 1.82) is 0 Å². The van der Waals surface area contributed by atoms with Crippen molar-refractivity contribution in [3.05, 3.63) is 35.5 Å². The number of nitrogens with one attached hydrogen (secondary N) is 1. The van der Waals surface area contributed by atoms with E-state index in [1.54, 1.807) is 0 Å². The van der Waals surface area contributed by atoms with Gasteiger partial charge in [0.15, 0.2) is 0 Å². The molecule has 2 N–H and O–H groups in total. The molecule has 1 heterocycles. The molecule has 1 unspecified atom stereocenters. The fourth-order valence-corrected chi connectivity index (χ4v) is 2.39. The van der Waals surface area contributed by atoms with Crippen LogP contribution in [0.2, 0.25) is 0 Å². The van der Waals surface area contributed by atoms with Crippen LogP contribution in [0.4, 0.5) is 0 Å². The molecule has 1 atom stereocenters. The molecule has 0 bridgehead atoms. The van der Waals surface area contributed by atoms with Crippen molar-refractivity contribution in [2.75, 3.05) is 6.54 Å². The van der Waals surface area contributed by atoms with Crippen LogP contribution >= 0.6 is 0 Å². The molecular weight excluding hydrogens is 224 g/mol. The van der Waals surface area contributed by atoms with E-state index >= 15 is 0 Å². The highest BCUT2D eigenvalue weighted by molar-refractivity contribution is 5.85. The second kappa shape index (κ2) is 5.55. The summed E-state index contributed by atoms with van der Waals surface area (Å²) in [6.07, 6.45) is 0.543. The standard InChI is InChI=1S/C15H22N2O/c1-4-12(18)9-16-10-15-11(2)13-7-5-6-8-14(13)17(15)3/h5-8,12,16,18H,4,9-10H2,1-3H3. The van der Waals surface area contributed by atoms with Crippen molar-refractivity contribution in [3.63, 3.8) is 0 Å². The Morgan fingerprint density at radius 2 is 2.06 bits per heavy atom. The number of para-hydroxylation sites is 1. The maximum Gasteiger partial charge on any atom is 0.0662 e. The zero-order valence-electron chi connectivity index (χ0n) is 11.4. The highest BCUT2D eigenvalue weighted by Crippen LogP contribution is 2.24. The molecule has 0 aliphatic heterocycles. The van der Waals surface area contributed by atoms with Gasteiger partial charge in [-0.25, -0.2) is 0 Å². The number of fused-ring (bicyclic) bond motifs is 1. The molecule has 0 fully saturated rings. The minimum Gasteiger partial charge on any atom is -0.392 e. The second-order valence-electron chi connectivity index (χ2n) is 4.84. The third kappa shape index (κ3) is 2.42. The van der Waals surface area contributed by atoms with Gasteiger partial charge < -0.3 is 15.0 Å². The molecule has 0 saturated heterocycles. The Kier molecular flexibility index (Phi) is 4.04. The van der Waals surface area contributed by atoms with E-state index in [-0.39, 0.29) is 6.10 Å². The van der Waals surface area contributed by atoms with Crippen LogP contribution in [0.25, 0.3) is 10.9 Å². The second-order valence-corrected chi connectivity index (χ2v) is 4.84. The van der Waals surface area contributed by atoms with E-state index in [1.807, 2.05) is 6.92 Å². The van der Waals surface area contributed by atoms with E-state index in [9.17, 15) is 5.11 Å². The summed E-state index contributed by atoms with van der Waals surface area (Å²) in [7, 11) is 2.10. The van der Waals surface area contributed by atoms with Gasteiger partial charge >= 0.3 is 0 Å². The van der Waals surface area contributed by atoms with Gasteiger partial charge in [-0.2, -0.15) is 0 Å². The number of hydrogen-bond donors (Lipinski definition) is 2. The number of hydrogen-bond acceptors (Lipinski definition) is 2. The summed E-state index contributed by atoms with van der Waals surface area (Å²) in [5, 5.41) is 14.2. The van der Waals surface area contributed by atoms with E-state index in [4.69, 9.17) is 0 Å². The normalized spacial score (nSPS) is 13.1. The molecule has 3 nitrogen and oxygen atoms in total. The molecule has 2 rings (SSSR count). The van der Waals surface area contributed by atoms with Crippen LogP contribution in [0.15, 0.2) is 24.3 Å². The number of rotatable bonds is 5. The molecule has 0 radical (unpaired) electrons. The predicted octanol–water partition coefficient (Wildman–Crippen LogP) is 2.35. The van der Waals surface area contributed by atoms with Crippen molar-refractivity contribution in [2.45, 2.75) is 32.9 Å². The highest BCUT2D eigenvalue weighted by atomic mass is 16.3. The third-order valence-corrected chi connectivity index (χ3v) is 3.65. The summed E-state index contributed by atoms with van der Waals surface area (Å²) >= 11 is 0. The molecule has 0 spiro atoms. The van der Waals surface area contributed by atoms with Crippen molar-refractivity contribution in [1.82, 2.24) is 9.88 Å². The molecule has 1 aromatic heterocycles. The van der Waals surface area contributed by atoms with Crippen LogP contribution in [0.5, 0.6) is 0 Å². The lowest BCUT2D eigenvalue weighted by Crippen LogP contribution is -2.26. The van der Waals surface area contributed by atoms with Crippen LogP contribution in [0.3, 0.4) is 0 Å². The minimum absolute atomic E-state index is 0.250. The van der Waals surface area contributed by atoms with E-state index < -0.39 is 0 Å². The average Bonchev–Trinajstić information content (AvgIpc) is 2.64. The monoisotopic (exact) mass is 246 g/mol. The van der Waals surface area contributed by atoms with Crippen LogP contribution < -0.4 is 5.32 Å². The lowest BCUT2D eigenvalue weighted by molar-refractivity contribution is 0.167. The zero-order chi connectivity index (χ0) is 13.1. The van der Waals surface area contributed by atoms with E-state index in [1.165, 1.54) is 22.2 Å². The Bertz CT molecular complexity index is 492. The summed E-state index contributed by atoms with van der Waals surface area (Å²) in [6.45, 7) is 5.61. The van der Waals surface area contributed by atoms with Gasteiger partial charge in [-0.1, -0.05) is 25.1 Å². The molecule has 98 valence electrons. The maximum atomic E-state index is 9.55. The van der Waals surface area contributed by atoms with Crippen LogP contribution in [0.1, 0.15) is 24.6 Å². The Labute approximate surface area is 108 Å². The molecule has 0 aliphatic carbocycles. The SMILES string of the molecule is CCC(O)CNCc1c(C)c2ccccc2n1C. The van der Waals surface area contributed by atoms with E-state index in [0.717, 1.165) is 13.0 Å². The maximum absolute atomic E-state index is 9.55. The molecule has 0 saturated carbocycles. The summed E-state index contributed by atoms with van der Waals surface area (Å²) < 4.78 is 2.23. The minimum atomic E-state index is -0.250. The number of aromatic nitrogens is 1. The molecule has 0 amide bonds. The summed E-state index contributed by atoms with van der Waals surface area (Å²) in [6, 6.07) is 8.45. The lowest BCUT2D eigenvalue weighted by atomic mass is 10.1. The van der Waals surface area contributed by atoms with Gasteiger partial charge in [0.25, 0.3) is 0 Å². The smallest absolute Gasteiger partial charge is 0.0662 e. The zero-order valence-corrected chi connectivity index (χ0v) is 11.4. The quantitative estimate of drug-likeness (QED) is 0.849. The topological polar surface area (TPSA) is 37.2 Å². The Morgan fingerprint density at radius 3 is 2.72 bits per heavy atom. The van der Waals surface area contributed by atoms with Gasteiger partial charge in [0.2, 0.25) is 0 Å². The van der Waals surface area contributed by atoms with Gasteiger partial charge in [-0.05, 0) is 25.0 Å². The van der Waals surface area contributed by atoms with Crippen molar-refractivity contribution in [3.8, 4) is 0 Å². The van der Waals surface area contributed by atoms with Gasteiger partial charge in [0, 0.05) is 36.7 Å². The first-order chi connectivity index (χ1) is 8.65. The number of aryl methyl sites for hydroxylation is 2. The summed E-state index contributed by atoms with van der Waals surface area (Å²) in [5.41, 5.74) is 3.88. The molecule has 1 aromatic carbocycles. The summed E-state index contributed by atoms with van der Waals surface area (Å²) in [4.78, 5) is 0. The molecule has 3 heteroatoms. The van der Waals surface area contributed by atoms with Crippen LogP contribution in [0, 0.1) is 6.92 Å². The van der Waals surface area contributed by atoms with Crippen molar-refractivity contribution >= 4 is 10.9 Å². The van der Waals surface area contributed by atoms with Gasteiger partial charge in [-0.15, -0.1) is 0 Å². The largest absolute Gasteiger partial charge is 0.392 e. The molecule has 2 aromatic rings. The summed E-state index contributed by atoms with van der Waals surface area (Å²) in [5.74, 6) is 0. The van der Waals surface area contributed by atoms with Crippen LogP contribution in [-0.2, 0) is 13.6 Å². The van der Waals surface area contributed by atoms with Gasteiger partial charge in [0.05, 0.1) is 6.10 Å². The fourth-order valence-electron chi connectivity index (χ4n) is 2.39. The fraction of sp³-hybridized carbons (Fsp3) is 0.467. The predicted molar refractivity (Wildman–Crippen MR) is 75.7 cm³/mol. The number of aliphatic hydroxyl groups excluding tert-OH is 1. The Morgan fingerprint density at radius 1 is 1.33 bits per heavy atom. The first kappa shape index (κ1) is 13.1. The third-order valence-electron chi connectivity index (χ3n) is 3.65. The van der Waals surface area contributed by atoms with Gasteiger partial charge in [0.1, 0.15) is 0 Å². The van der Waals surface area contributed by atoms with Gasteiger partial charge in [-0.3, -0.25) is 0 Å².